The molecule has 25 heavy (non-hydrogen) atoms. The summed E-state index contributed by atoms with van der Waals surface area (Å²) in [4.78, 5) is 13.2. The molecule has 6 nitrogen and oxygen atoms in total. The maximum atomic E-state index is 8.84. The monoisotopic (exact) mass is 337 g/mol. The molecule has 0 saturated carbocycles. The first-order valence-electron chi connectivity index (χ1n) is 8.63. The minimum absolute atomic E-state index is 0.329. The SMILES string of the molecule is CCOc1ccccc1CN1CCN(c2cnc(C#N)cn2)[C@H](C)C1. The third-order valence-electron chi connectivity index (χ3n) is 4.43. The second kappa shape index (κ2) is 7.95. The van der Waals surface area contributed by atoms with E-state index < -0.39 is 0 Å². The average Bonchev–Trinajstić information content (AvgIpc) is 2.64. The Morgan fingerprint density at radius 1 is 1.24 bits per heavy atom. The van der Waals surface area contributed by atoms with Gasteiger partial charge in [-0.1, -0.05) is 18.2 Å². The molecule has 0 radical (unpaired) electrons. The van der Waals surface area contributed by atoms with Crippen molar-refractivity contribution in [2.45, 2.75) is 26.4 Å². The van der Waals surface area contributed by atoms with Crippen LogP contribution in [0.15, 0.2) is 36.7 Å². The minimum atomic E-state index is 0.329. The fraction of sp³-hybridized carbons (Fsp3) is 0.421. The van der Waals surface area contributed by atoms with Gasteiger partial charge in [0.05, 0.1) is 19.0 Å². The van der Waals surface area contributed by atoms with Crippen LogP contribution in [0, 0.1) is 11.3 Å². The molecular weight excluding hydrogens is 314 g/mol. The van der Waals surface area contributed by atoms with E-state index in [9.17, 15) is 0 Å². The van der Waals surface area contributed by atoms with Crippen LogP contribution < -0.4 is 9.64 Å². The summed E-state index contributed by atoms with van der Waals surface area (Å²) in [5.41, 5.74) is 1.57. The van der Waals surface area contributed by atoms with Crippen LogP contribution in [0.3, 0.4) is 0 Å². The first-order valence-corrected chi connectivity index (χ1v) is 8.63. The Hall–Kier alpha value is -2.65. The third kappa shape index (κ3) is 4.06. The number of nitrogens with zero attached hydrogens (tertiary/aromatic N) is 5. The van der Waals surface area contributed by atoms with Gasteiger partial charge in [0.15, 0.2) is 5.69 Å². The number of para-hydroxylation sites is 1. The van der Waals surface area contributed by atoms with Gasteiger partial charge in [0.1, 0.15) is 17.6 Å². The Bertz CT molecular complexity index is 740. The van der Waals surface area contributed by atoms with Crippen LogP contribution in [0.4, 0.5) is 5.82 Å². The van der Waals surface area contributed by atoms with E-state index in [-0.39, 0.29) is 0 Å². The van der Waals surface area contributed by atoms with E-state index in [1.807, 2.05) is 25.1 Å². The van der Waals surface area contributed by atoms with Gasteiger partial charge in [-0.05, 0) is 19.9 Å². The third-order valence-corrected chi connectivity index (χ3v) is 4.43. The van der Waals surface area contributed by atoms with Gasteiger partial charge in [0.25, 0.3) is 0 Å². The van der Waals surface area contributed by atoms with Gasteiger partial charge in [0, 0.05) is 37.8 Å². The second-order valence-corrected chi connectivity index (χ2v) is 6.19. The topological polar surface area (TPSA) is 65.3 Å². The Morgan fingerprint density at radius 3 is 2.76 bits per heavy atom. The smallest absolute Gasteiger partial charge is 0.158 e. The average molecular weight is 337 g/mol. The van der Waals surface area contributed by atoms with E-state index in [1.54, 1.807) is 6.20 Å². The van der Waals surface area contributed by atoms with Crippen molar-refractivity contribution in [1.29, 1.82) is 5.26 Å². The molecule has 1 fully saturated rings. The number of benzene rings is 1. The number of rotatable bonds is 5. The summed E-state index contributed by atoms with van der Waals surface area (Å²) in [6.45, 7) is 8.55. The van der Waals surface area contributed by atoms with E-state index in [0.29, 0.717) is 18.3 Å². The molecule has 0 spiro atoms. The lowest BCUT2D eigenvalue weighted by atomic mass is 10.1. The van der Waals surface area contributed by atoms with Crippen molar-refractivity contribution in [2.75, 3.05) is 31.1 Å². The zero-order valence-corrected chi connectivity index (χ0v) is 14.7. The zero-order chi connectivity index (χ0) is 17.6. The number of hydrogen-bond acceptors (Lipinski definition) is 6. The highest BCUT2D eigenvalue weighted by atomic mass is 16.5. The fourth-order valence-electron chi connectivity index (χ4n) is 3.22. The molecular formula is C19H23N5O. The second-order valence-electron chi connectivity index (χ2n) is 6.19. The fourth-order valence-corrected chi connectivity index (χ4v) is 3.22. The van der Waals surface area contributed by atoms with Gasteiger partial charge in [-0.2, -0.15) is 5.26 Å². The van der Waals surface area contributed by atoms with Gasteiger partial charge in [-0.15, -0.1) is 0 Å². The van der Waals surface area contributed by atoms with E-state index in [2.05, 4.69) is 38.8 Å². The van der Waals surface area contributed by atoms with Crippen molar-refractivity contribution in [3.63, 3.8) is 0 Å². The molecule has 2 aromatic rings. The number of hydrogen-bond donors (Lipinski definition) is 0. The molecule has 1 aromatic carbocycles. The van der Waals surface area contributed by atoms with Crippen LogP contribution in [0.2, 0.25) is 0 Å². The Kier molecular flexibility index (Phi) is 5.46. The largest absolute Gasteiger partial charge is 0.494 e. The molecule has 1 saturated heterocycles. The van der Waals surface area contributed by atoms with Crippen LogP contribution in [-0.2, 0) is 6.54 Å². The molecule has 0 bridgehead atoms. The normalized spacial score (nSPS) is 18.0. The summed E-state index contributed by atoms with van der Waals surface area (Å²) < 4.78 is 5.74. The number of ether oxygens (including phenoxy) is 1. The van der Waals surface area contributed by atoms with Crippen LogP contribution in [0.25, 0.3) is 0 Å². The van der Waals surface area contributed by atoms with Crippen molar-refractivity contribution in [3.8, 4) is 11.8 Å². The molecule has 130 valence electrons. The summed E-state index contributed by atoms with van der Waals surface area (Å²) in [5.74, 6) is 1.80. The minimum Gasteiger partial charge on any atom is -0.494 e. The van der Waals surface area contributed by atoms with Crippen molar-refractivity contribution in [2.24, 2.45) is 0 Å². The maximum absolute atomic E-state index is 8.84. The van der Waals surface area contributed by atoms with Crippen molar-refractivity contribution < 1.29 is 4.74 Å². The highest BCUT2D eigenvalue weighted by Crippen LogP contribution is 2.23. The summed E-state index contributed by atoms with van der Waals surface area (Å²) in [6.07, 6.45) is 3.22. The highest BCUT2D eigenvalue weighted by molar-refractivity contribution is 5.39. The summed E-state index contributed by atoms with van der Waals surface area (Å²) in [7, 11) is 0. The molecule has 1 aliphatic rings. The number of anilines is 1. The van der Waals surface area contributed by atoms with E-state index >= 15 is 0 Å². The molecule has 2 heterocycles. The predicted molar refractivity (Wildman–Crippen MR) is 96.4 cm³/mol. The molecule has 1 aliphatic heterocycles. The number of aromatic nitrogens is 2. The Balaban J connectivity index is 1.64. The standard InChI is InChI=1S/C19H23N5O/c1-3-25-18-7-5-4-6-16(18)14-23-8-9-24(15(2)13-23)19-12-21-17(10-20)11-22-19/h4-7,11-12,15H,3,8-9,13-14H2,1-2H3/t15-/m1/s1. The van der Waals surface area contributed by atoms with Gasteiger partial charge < -0.3 is 9.64 Å². The van der Waals surface area contributed by atoms with Gasteiger partial charge in [-0.25, -0.2) is 9.97 Å². The Labute approximate surface area is 148 Å². The molecule has 0 amide bonds. The molecule has 1 atom stereocenters. The summed E-state index contributed by atoms with van der Waals surface area (Å²) in [5, 5.41) is 8.84. The van der Waals surface area contributed by atoms with Crippen molar-refractivity contribution >= 4 is 5.82 Å². The van der Waals surface area contributed by atoms with Crippen molar-refractivity contribution in [3.05, 3.63) is 47.9 Å². The summed E-state index contributed by atoms with van der Waals surface area (Å²) in [6, 6.07) is 10.6. The lowest BCUT2D eigenvalue weighted by Gasteiger charge is -2.40. The molecule has 0 aliphatic carbocycles. The summed E-state index contributed by atoms with van der Waals surface area (Å²) >= 11 is 0. The Morgan fingerprint density at radius 2 is 2.08 bits per heavy atom. The zero-order valence-electron chi connectivity index (χ0n) is 14.7. The predicted octanol–water partition coefficient (Wildman–Crippen LogP) is 2.46. The molecule has 0 N–H and O–H groups in total. The van der Waals surface area contributed by atoms with Crippen LogP contribution >= 0.6 is 0 Å². The van der Waals surface area contributed by atoms with Gasteiger partial charge >= 0.3 is 0 Å². The first kappa shape index (κ1) is 17.2. The lowest BCUT2D eigenvalue weighted by molar-refractivity contribution is 0.216. The van der Waals surface area contributed by atoms with E-state index in [1.165, 1.54) is 11.8 Å². The van der Waals surface area contributed by atoms with Crippen LogP contribution in [-0.4, -0.2) is 47.2 Å². The first-order chi connectivity index (χ1) is 12.2. The van der Waals surface area contributed by atoms with Gasteiger partial charge in [0.2, 0.25) is 0 Å². The van der Waals surface area contributed by atoms with Crippen molar-refractivity contribution in [1.82, 2.24) is 14.9 Å². The van der Waals surface area contributed by atoms with E-state index in [0.717, 1.165) is 37.7 Å². The maximum Gasteiger partial charge on any atom is 0.158 e. The lowest BCUT2D eigenvalue weighted by Crippen LogP contribution is -2.52. The van der Waals surface area contributed by atoms with E-state index in [4.69, 9.17) is 10.00 Å². The number of nitriles is 1. The van der Waals surface area contributed by atoms with Crippen LogP contribution in [0.5, 0.6) is 5.75 Å². The molecule has 0 unspecified atom stereocenters. The molecule has 6 heteroatoms. The number of piperazine rings is 1. The molecule has 1 aromatic heterocycles. The van der Waals surface area contributed by atoms with Crippen LogP contribution in [0.1, 0.15) is 25.1 Å². The highest BCUT2D eigenvalue weighted by Gasteiger charge is 2.25. The molecule has 3 rings (SSSR count). The van der Waals surface area contributed by atoms with Gasteiger partial charge in [-0.3, -0.25) is 4.90 Å². The quantitative estimate of drug-likeness (QED) is 0.835.